The zero-order valence-corrected chi connectivity index (χ0v) is 17.1. The van der Waals surface area contributed by atoms with Crippen molar-refractivity contribution in [2.75, 3.05) is 31.6 Å². The van der Waals surface area contributed by atoms with Crippen LogP contribution in [0.2, 0.25) is 0 Å². The number of aromatic nitrogens is 2. The molecule has 0 bridgehead atoms. The van der Waals surface area contributed by atoms with E-state index in [1.54, 1.807) is 18.5 Å². The maximum Gasteiger partial charge on any atom is 0.325 e. The van der Waals surface area contributed by atoms with Gasteiger partial charge in [-0.2, -0.15) is 0 Å². The first-order chi connectivity index (χ1) is 14.5. The monoisotopic (exact) mass is 405 g/mol. The predicted octanol–water partition coefficient (Wildman–Crippen LogP) is 3.75. The number of urea groups is 1. The molecule has 1 atom stereocenters. The quantitative estimate of drug-likeness (QED) is 0.619. The Labute approximate surface area is 175 Å². The number of anilines is 1. The number of amides is 2. The molecule has 1 unspecified atom stereocenters. The van der Waals surface area contributed by atoms with Crippen LogP contribution in [0.1, 0.15) is 12.6 Å². The van der Waals surface area contributed by atoms with Gasteiger partial charge >= 0.3 is 6.03 Å². The summed E-state index contributed by atoms with van der Waals surface area (Å²) in [6.07, 6.45) is 1.78. The van der Waals surface area contributed by atoms with Gasteiger partial charge in [-0.05, 0) is 50.4 Å². The number of fused-ring (bicyclic) bond motifs is 3. The van der Waals surface area contributed by atoms with E-state index >= 15 is 0 Å². The van der Waals surface area contributed by atoms with Crippen LogP contribution < -0.4 is 4.90 Å². The van der Waals surface area contributed by atoms with E-state index in [4.69, 9.17) is 0 Å². The maximum atomic E-state index is 13.5. The normalized spacial score (nSPS) is 18.8. The van der Waals surface area contributed by atoms with Crippen molar-refractivity contribution in [1.82, 2.24) is 19.4 Å². The van der Waals surface area contributed by atoms with Crippen molar-refractivity contribution in [1.29, 1.82) is 0 Å². The molecule has 5 rings (SSSR count). The number of nitrogens with zero attached hydrogens (tertiary/aromatic N) is 5. The molecule has 1 aromatic heterocycles. The van der Waals surface area contributed by atoms with Crippen molar-refractivity contribution in [2.45, 2.75) is 19.5 Å². The molecule has 2 aliphatic heterocycles. The topological polar surface area (TPSA) is 44.6 Å². The van der Waals surface area contributed by atoms with Crippen molar-refractivity contribution in [3.8, 4) is 16.9 Å². The molecular weight excluding hydrogens is 381 g/mol. The number of benzene rings is 2. The Hall–Kier alpha value is -3.19. The Bertz CT molecular complexity index is 1090. The van der Waals surface area contributed by atoms with Crippen LogP contribution in [-0.2, 0) is 6.54 Å². The second-order valence-corrected chi connectivity index (χ2v) is 8.05. The van der Waals surface area contributed by atoms with Gasteiger partial charge in [0.25, 0.3) is 0 Å². The minimum Gasteiger partial charge on any atom is -0.322 e. The first kappa shape index (κ1) is 18.8. The summed E-state index contributed by atoms with van der Waals surface area (Å²) in [6.45, 7) is 4.84. The molecular formula is C23H24FN5O. The fourth-order valence-corrected chi connectivity index (χ4v) is 4.28. The van der Waals surface area contributed by atoms with Crippen LogP contribution in [0.25, 0.3) is 16.9 Å². The summed E-state index contributed by atoms with van der Waals surface area (Å²) in [6, 6.07) is 14.6. The van der Waals surface area contributed by atoms with Gasteiger partial charge in [0, 0.05) is 31.2 Å². The highest BCUT2D eigenvalue weighted by atomic mass is 19.1. The second-order valence-electron chi connectivity index (χ2n) is 8.05. The Morgan fingerprint density at radius 2 is 1.80 bits per heavy atom. The van der Waals surface area contributed by atoms with Crippen molar-refractivity contribution >= 4 is 11.7 Å². The maximum absolute atomic E-state index is 13.5. The van der Waals surface area contributed by atoms with Crippen LogP contribution in [0.15, 0.2) is 54.9 Å². The molecule has 0 aliphatic carbocycles. The molecule has 1 fully saturated rings. The first-order valence-electron chi connectivity index (χ1n) is 10.2. The molecule has 30 heavy (non-hydrogen) atoms. The van der Waals surface area contributed by atoms with E-state index in [1.165, 1.54) is 12.1 Å². The summed E-state index contributed by atoms with van der Waals surface area (Å²) < 4.78 is 15.4. The van der Waals surface area contributed by atoms with Gasteiger partial charge in [-0.3, -0.25) is 9.47 Å². The highest BCUT2D eigenvalue weighted by Gasteiger charge is 2.33. The fourth-order valence-electron chi connectivity index (χ4n) is 4.28. The van der Waals surface area contributed by atoms with E-state index in [0.717, 1.165) is 34.9 Å². The lowest BCUT2D eigenvalue weighted by molar-refractivity contribution is 0.121. The van der Waals surface area contributed by atoms with Crippen LogP contribution in [-0.4, -0.2) is 58.1 Å². The molecule has 1 saturated heterocycles. The Morgan fingerprint density at radius 1 is 1.07 bits per heavy atom. The SMILES string of the molecule is CC1CN(C(=O)N2Cc3c(-c4ccc(F)cc4)ncn3-c3ccccc32)CCN1C. The summed E-state index contributed by atoms with van der Waals surface area (Å²) in [4.78, 5) is 24.2. The molecule has 0 N–H and O–H groups in total. The van der Waals surface area contributed by atoms with E-state index in [9.17, 15) is 9.18 Å². The second kappa shape index (κ2) is 7.25. The number of carbonyl (C=O) groups is 1. The third kappa shape index (κ3) is 3.06. The number of imidazole rings is 1. The molecule has 3 aromatic rings. The average Bonchev–Trinajstić information content (AvgIpc) is 3.19. The summed E-state index contributed by atoms with van der Waals surface area (Å²) in [5, 5.41) is 0. The molecule has 0 spiro atoms. The molecule has 6 nitrogen and oxygen atoms in total. The highest BCUT2D eigenvalue weighted by Crippen LogP contribution is 2.36. The van der Waals surface area contributed by atoms with Gasteiger partial charge in [-0.1, -0.05) is 12.1 Å². The number of carbonyl (C=O) groups excluding carboxylic acids is 1. The number of para-hydroxylation sites is 2. The van der Waals surface area contributed by atoms with Crippen molar-refractivity contribution in [2.24, 2.45) is 0 Å². The standard InChI is InChI=1S/C23H24FN5O/c1-16-13-27(12-11-26(16)2)23(30)28-14-21-22(17-7-9-18(24)10-8-17)25-15-29(21)20-6-4-3-5-19(20)28/h3-10,15-16H,11-14H2,1-2H3. The predicted molar refractivity (Wildman–Crippen MR) is 114 cm³/mol. The lowest BCUT2D eigenvalue weighted by atomic mass is 10.1. The zero-order valence-electron chi connectivity index (χ0n) is 17.1. The number of likely N-dealkylation sites (N-methyl/N-ethyl adjacent to an activating group) is 1. The lowest BCUT2D eigenvalue weighted by Gasteiger charge is -2.41. The number of hydrogen-bond acceptors (Lipinski definition) is 3. The molecule has 3 heterocycles. The Morgan fingerprint density at radius 3 is 2.53 bits per heavy atom. The van der Waals surface area contributed by atoms with Crippen LogP contribution in [0, 0.1) is 5.82 Å². The molecule has 7 heteroatoms. The van der Waals surface area contributed by atoms with Gasteiger partial charge in [0.2, 0.25) is 0 Å². The lowest BCUT2D eigenvalue weighted by Crippen LogP contribution is -2.55. The van der Waals surface area contributed by atoms with Gasteiger partial charge in [0.1, 0.15) is 12.1 Å². The van der Waals surface area contributed by atoms with Gasteiger partial charge in [0.15, 0.2) is 0 Å². The third-order valence-corrected chi connectivity index (χ3v) is 6.19. The number of hydrogen-bond donors (Lipinski definition) is 0. The van der Waals surface area contributed by atoms with Gasteiger partial charge in [-0.25, -0.2) is 14.2 Å². The Balaban J connectivity index is 1.54. The van der Waals surface area contributed by atoms with E-state index in [1.807, 2.05) is 38.6 Å². The van der Waals surface area contributed by atoms with E-state index in [-0.39, 0.29) is 11.8 Å². The Kier molecular flexibility index (Phi) is 4.55. The van der Waals surface area contributed by atoms with Crippen molar-refractivity contribution in [3.63, 3.8) is 0 Å². The zero-order chi connectivity index (χ0) is 20.8. The molecule has 2 amide bonds. The molecule has 154 valence electrons. The van der Waals surface area contributed by atoms with E-state index in [0.29, 0.717) is 25.7 Å². The van der Waals surface area contributed by atoms with Gasteiger partial charge < -0.3 is 9.80 Å². The number of piperazine rings is 1. The van der Waals surface area contributed by atoms with Crippen LogP contribution >= 0.6 is 0 Å². The molecule has 2 aliphatic rings. The van der Waals surface area contributed by atoms with Gasteiger partial charge in [0.05, 0.1) is 29.3 Å². The van der Waals surface area contributed by atoms with E-state index in [2.05, 4.69) is 23.9 Å². The first-order valence-corrected chi connectivity index (χ1v) is 10.2. The largest absolute Gasteiger partial charge is 0.325 e. The van der Waals surface area contributed by atoms with Crippen molar-refractivity contribution in [3.05, 3.63) is 66.4 Å². The molecule has 0 saturated carbocycles. The summed E-state index contributed by atoms with van der Waals surface area (Å²) in [5.74, 6) is -0.279. The third-order valence-electron chi connectivity index (χ3n) is 6.19. The van der Waals surface area contributed by atoms with Crippen molar-refractivity contribution < 1.29 is 9.18 Å². The summed E-state index contributed by atoms with van der Waals surface area (Å²) in [7, 11) is 2.09. The summed E-state index contributed by atoms with van der Waals surface area (Å²) >= 11 is 0. The average molecular weight is 405 g/mol. The summed E-state index contributed by atoms with van der Waals surface area (Å²) in [5.41, 5.74) is 4.34. The fraction of sp³-hybridized carbons (Fsp3) is 0.304. The highest BCUT2D eigenvalue weighted by molar-refractivity contribution is 5.95. The number of halogens is 1. The minimum atomic E-state index is -0.279. The smallest absolute Gasteiger partial charge is 0.322 e. The molecule has 0 radical (unpaired) electrons. The van der Waals surface area contributed by atoms with Gasteiger partial charge in [-0.15, -0.1) is 0 Å². The van der Waals surface area contributed by atoms with Crippen LogP contribution in [0.5, 0.6) is 0 Å². The number of rotatable bonds is 1. The van der Waals surface area contributed by atoms with Crippen LogP contribution in [0.4, 0.5) is 14.9 Å². The minimum absolute atomic E-state index is 0.0138. The van der Waals surface area contributed by atoms with Crippen LogP contribution in [0.3, 0.4) is 0 Å². The van der Waals surface area contributed by atoms with E-state index < -0.39 is 0 Å². The molecule has 2 aromatic carbocycles.